The van der Waals surface area contributed by atoms with E-state index in [0.29, 0.717) is 11.5 Å². The zero-order chi connectivity index (χ0) is 22.2. The summed E-state index contributed by atoms with van der Waals surface area (Å²) >= 11 is 2.42. The maximum Gasteiger partial charge on any atom is 0.339 e. The molecule has 12 heteroatoms. The number of benzene rings is 2. The maximum absolute atomic E-state index is 13.0. The molecule has 0 heterocycles. The first-order valence-electron chi connectivity index (χ1n) is 9.07. The second kappa shape index (κ2) is 11.2. The Bertz CT molecular complexity index is 995. The summed E-state index contributed by atoms with van der Waals surface area (Å²) in [6, 6.07) is 10.5. The van der Waals surface area contributed by atoms with Crippen molar-refractivity contribution in [1.29, 1.82) is 0 Å². The largest absolute Gasteiger partial charge is 0.379 e. The minimum atomic E-state index is -4.14. The maximum atomic E-state index is 13.0. The topological polar surface area (TPSA) is 113 Å². The summed E-state index contributed by atoms with van der Waals surface area (Å²) in [6.07, 6.45) is 1.94. The fourth-order valence-electron chi connectivity index (χ4n) is 2.16. The standard InChI is InChI=1S/C18H22NO7PS3/c1-3-5-14-28-27(22,25-4-2)29-17-10-8-16(9-11-17)26-30(23,24)18-12-6-15(7-13-18)19(20)21/h6-13H,3-5,14H2,1-2H3. The Hall–Kier alpha value is -1.52. The van der Waals surface area contributed by atoms with E-state index in [4.69, 9.17) is 8.71 Å². The van der Waals surface area contributed by atoms with Gasteiger partial charge in [0.2, 0.25) is 0 Å². The van der Waals surface area contributed by atoms with E-state index in [0.717, 1.165) is 54.2 Å². The number of hydrogen-bond donors (Lipinski definition) is 0. The van der Waals surface area contributed by atoms with E-state index < -0.39 is 20.8 Å². The first-order valence-corrected chi connectivity index (χ1v) is 15.1. The van der Waals surface area contributed by atoms with Gasteiger partial charge in [0.15, 0.2) is 0 Å². The Labute approximate surface area is 184 Å². The van der Waals surface area contributed by atoms with E-state index in [-0.39, 0.29) is 16.3 Å². The van der Waals surface area contributed by atoms with Gasteiger partial charge in [-0.05, 0) is 61.1 Å². The third kappa shape index (κ3) is 7.31. The minimum absolute atomic E-state index is 0.0718. The molecule has 2 rings (SSSR count). The summed E-state index contributed by atoms with van der Waals surface area (Å²) in [5, 5.41) is 10.7. The quantitative estimate of drug-likeness (QED) is 0.114. The molecule has 0 spiro atoms. The minimum Gasteiger partial charge on any atom is -0.379 e. The van der Waals surface area contributed by atoms with Crippen molar-refractivity contribution in [2.75, 3.05) is 12.4 Å². The number of hydrogen-bond acceptors (Lipinski definition) is 9. The number of nitro benzene ring substituents is 1. The fraction of sp³-hybridized carbons (Fsp3) is 0.333. The number of rotatable bonds is 12. The number of non-ortho nitro benzene ring substituents is 1. The average molecular weight is 492 g/mol. The normalized spacial score (nSPS) is 13.5. The van der Waals surface area contributed by atoms with E-state index in [1.165, 1.54) is 23.5 Å². The van der Waals surface area contributed by atoms with Crippen LogP contribution in [0.5, 0.6) is 5.75 Å². The van der Waals surface area contributed by atoms with Crippen LogP contribution in [0.3, 0.4) is 0 Å². The van der Waals surface area contributed by atoms with Gasteiger partial charge in [0.1, 0.15) is 10.6 Å². The van der Waals surface area contributed by atoms with Crippen molar-refractivity contribution in [1.82, 2.24) is 0 Å². The van der Waals surface area contributed by atoms with Gasteiger partial charge in [0.05, 0.1) is 11.5 Å². The van der Waals surface area contributed by atoms with Crippen molar-refractivity contribution in [2.24, 2.45) is 0 Å². The number of nitro groups is 1. The molecule has 0 saturated carbocycles. The van der Waals surface area contributed by atoms with Gasteiger partial charge in [-0.2, -0.15) is 8.42 Å². The van der Waals surface area contributed by atoms with E-state index >= 15 is 0 Å². The summed E-state index contributed by atoms with van der Waals surface area (Å²) in [5.74, 6) is -2.17. The molecular weight excluding hydrogens is 469 g/mol. The van der Waals surface area contributed by atoms with E-state index in [1.54, 1.807) is 19.1 Å². The van der Waals surface area contributed by atoms with Crippen molar-refractivity contribution >= 4 is 44.3 Å². The van der Waals surface area contributed by atoms with Crippen molar-refractivity contribution in [2.45, 2.75) is 36.5 Å². The monoisotopic (exact) mass is 491 g/mol. The Balaban J connectivity index is 2.08. The average Bonchev–Trinajstić information content (AvgIpc) is 2.70. The van der Waals surface area contributed by atoms with Gasteiger partial charge in [-0.25, -0.2) is 0 Å². The summed E-state index contributed by atoms with van der Waals surface area (Å²) in [4.78, 5) is 10.5. The lowest BCUT2D eigenvalue weighted by molar-refractivity contribution is -0.384. The molecule has 164 valence electrons. The Morgan fingerprint density at radius 3 is 2.23 bits per heavy atom. The van der Waals surface area contributed by atoms with Crippen LogP contribution >= 0.6 is 28.5 Å². The van der Waals surface area contributed by atoms with Crippen molar-refractivity contribution < 1.29 is 26.6 Å². The first-order chi connectivity index (χ1) is 14.2. The Kier molecular flexibility index (Phi) is 9.24. The van der Waals surface area contributed by atoms with Gasteiger partial charge in [-0.3, -0.25) is 14.7 Å². The predicted molar refractivity (Wildman–Crippen MR) is 120 cm³/mol. The third-order valence-electron chi connectivity index (χ3n) is 3.62. The van der Waals surface area contributed by atoms with Crippen LogP contribution in [0.25, 0.3) is 0 Å². The zero-order valence-corrected chi connectivity index (χ0v) is 19.8. The summed E-state index contributed by atoms with van der Waals surface area (Å²) < 4.78 is 48.3. The molecule has 0 aliphatic heterocycles. The molecular formula is C18H22NO7PS3. The van der Waals surface area contributed by atoms with E-state index in [1.807, 2.05) is 0 Å². The number of unbranched alkanes of at least 4 members (excludes halogenated alkanes) is 1. The van der Waals surface area contributed by atoms with Crippen molar-refractivity contribution in [3.63, 3.8) is 0 Å². The molecule has 2 aromatic carbocycles. The van der Waals surface area contributed by atoms with E-state index in [2.05, 4.69) is 6.92 Å². The molecule has 0 radical (unpaired) electrons. The molecule has 1 unspecified atom stereocenters. The van der Waals surface area contributed by atoms with Gasteiger partial charge in [0.25, 0.3) is 5.69 Å². The first kappa shape index (κ1) is 24.7. The van der Waals surface area contributed by atoms with Crippen LogP contribution < -0.4 is 4.18 Å². The van der Waals surface area contributed by atoms with Crippen LogP contribution in [0.2, 0.25) is 0 Å². The van der Waals surface area contributed by atoms with Crippen LogP contribution in [0.4, 0.5) is 5.69 Å². The summed E-state index contributed by atoms with van der Waals surface area (Å²) in [5.41, 5.74) is -0.217. The van der Waals surface area contributed by atoms with Crippen molar-refractivity contribution in [3.05, 3.63) is 58.6 Å². The molecule has 0 amide bonds. The highest BCUT2D eigenvalue weighted by Crippen LogP contribution is 2.72. The molecule has 0 aliphatic rings. The second-order valence-electron chi connectivity index (χ2n) is 5.90. The van der Waals surface area contributed by atoms with Gasteiger partial charge < -0.3 is 8.71 Å². The highest BCUT2D eigenvalue weighted by atomic mass is 33.1. The lowest BCUT2D eigenvalue weighted by Crippen LogP contribution is -2.09. The Morgan fingerprint density at radius 2 is 1.70 bits per heavy atom. The smallest absolute Gasteiger partial charge is 0.339 e. The fourth-order valence-corrected chi connectivity index (χ4v) is 10.0. The van der Waals surface area contributed by atoms with Crippen LogP contribution in [0.15, 0.2) is 58.3 Å². The van der Waals surface area contributed by atoms with Gasteiger partial charge in [-0.15, -0.1) is 0 Å². The SMILES string of the molecule is CCCCSP(=O)(OCC)Sc1ccc(OS(=O)(=O)c2ccc([N+](=O)[O-])cc2)cc1. The van der Waals surface area contributed by atoms with Crippen LogP contribution in [0, 0.1) is 10.1 Å². The molecule has 0 bridgehead atoms. The van der Waals surface area contributed by atoms with E-state index in [9.17, 15) is 23.1 Å². The molecule has 0 fully saturated rings. The van der Waals surface area contributed by atoms with Crippen molar-refractivity contribution in [3.8, 4) is 5.75 Å². The number of nitrogens with zero attached hydrogens (tertiary/aromatic N) is 1. The highest BCUT2D eigenvalue weighted by Gasteiger charge is 2.25. The van der Waals surface area contributed by atoms with Crippen LogP contribution in [-0.2, 0) is 19.2 Å². The van der Waals surface area contributed by atoms with Gasteiger partial charge >= 0.3 is 15.9 Å². The molecule has 30 heavy (non-hydrogen) atoms. The van der Waals surface area contributed by atoms with Crippen LogP contribution in [-0.4, -0.2) is 25.7 Å². The lowest BCUT2D eigenvalue weighted by atomic mass is 10.3. The zero-order valence-electron chi connectivity index (χ0n) is 16.4. The summed E-state index contributed by atoms with van der Waals surface area (Å²) in [6.45, 7) is 4.18. The third-order valence-corrected chi connectivity index (χ3v) is 12.0. The van der Waals surface area contributed by atoms with Crippen LogP contribution in [0.1, 0.15) is 26.7 Å². The highest BCUT2D eigenvalue weighted by molar-refractivity contribution is 8.89. The molecule has 0 N–H and O–H groups in total. The molecule has 2 aromatic rings. The summed E-state index contributed by atoms with van der Waals surface area (Å²) in [7, 11) is -4.14. The molecule has 0 saturated heterocycles. The Morgan fingerprint density at radius 1 is 1.07 bits per heavy atom. The second-order valence-corrected chi connectivity index (χ2v) is 14.8. The lowest BCUT2D eigenvalue weighted by Gasteiger charge is -2.16. The predicted octanol–water partition coefficient (Wildman–Crippen LogP) is 6.13. The molecule has 8 nitrogen and oxygen atoms in total. The van der Waals surface area contributed by atoms with Gasteiger partial charge in [-0.1, -0.05) is 24.7 Å². The molecule has 1 atom stereocenters. The molecule has 0 aliphatic carbocycles. The van der Waals surface area contributed by atoms with Gasteiger partial charge in [0, 0.05) is 22.8 Å². The molecule has 0 aromatic heterocycles.